The van der Waals surface area contributed by atoms with Crippen LogP contribution < -0.4 is 4.90 Å². The summed E-state index contributed by atoms with van der Waals surface area (Å²) >= 11 is 18.6. The van der Waals surface area contributed by atoms with E-state index in [1.54, 1.807) is 60.7 Å². The van der Waals surface area contributed by atoms with Gasteiger partial charge in [-0.15, -0.1) is 0 Å². The first-order valence-corrected chi connectivity index (χ1v) is 10.8. The monoisotopic (exact) mass is 473 g/mol. The molecule has 0 N–H and O–H groups in total. The average Bonchev–Trinajstić information content (AvgIpc) is 3.29. The lowest BCUT2D eigenvalue weighted by Crippen LogP contribution is -2.27. The molecule has 3 aromatic rings. The maximum atomic E-state index is 12.9. The Morgan fingerprint density at radius 2 is 1.80 bits per heavy atom. The standard InChI is InChI=1S/C22H13Cl2NO3S2/c1-12(26)13-2-5-15(6-3-13)25-21(27)20(30-22(25)29)11-16-7-9-19(28-16)14-4-8-17(23)18(24)10-14/h2-11H,1H3. The van der Waals surface area contributed by atoms with Gasteiger partial charge in [0.25, 0.3) is 5.91 Å². The number of carbonyl (C=O) groups is 2. The first kappa shape index (κ1) is 20.9. The highest BCUT2D eigenvalue weighted by Crippen LogP contribution is 2.37. The number of furan rings is 1. The molecule has 2 aromatic carbocycles. The van der Waals surface area contributed by atoms with Gasteiger partial charge in [-0.1, -0.05) is 47.2 Å². The van der Waals surface area contributed by atoms with Gasteiger partial charge < -0.3 is 4.42 Å². The van der Waals surface area contributed by atoms with Crippen LogP contribution in [0.2, 0.25) is 10.0 Å². The van der Waals surface area contributed by atoms with Crippen molar-refractivity contribution in [3.05, 3.63) is 80.9 Å². The van der Waals surface area contributed by atoms with Crippen LogP contribution >= 0.6 is 47.2 Å². The highest BCUT2D eigenvalue weighted by molar-refractivity contribution is 8.27. The molecule has 2 heterocycles. The Morgan fingerprint density at radius 3 is 2.47 bits per heavy atom. The minimum absolute atomic E-state index is 0.0394. The van der Waals surface area contributed by atoms with Gasteiger partial charge in [-0.2, -0.15) is 0 Å². The van der Waals surface area contributed by atoms with Gasteiger partial charge in [0.1, 0.15) is 11.5 Å². The fourth-order valence-electron chi connectivity index (χ4n) is 2.90. The first-order chi connectivity index (χ1) is 14.3. The van der Waals surface area contributed by atoms with Crippen molar-refractivity contribution in [2.45, 2.75) is 6.92 Å². The van der Waals surface area contributed by atoms with Gasteiger partial charge in [0.2, 0.25) is 0 Å². The number of carbonyl (C=O) groups excluding carboxylic acids is 2. The summed E-state index contributed by atoms with van der Waals surface area (Å²) in [7, 11) is 0. The molecule has 0 unspecified atom stereocenters. The van der Waals surface area contributed by atoms with Crippen molar-refractivity contribution in [1.82, 2.24) is 0 Å². The highest BCUT2D eigenvalue weighted by Gasteiger charge is 2.33. The molecule has 1 amide bonds. The molecule has 8 heteroatoms. The molecule has 30 heavy (non-hydrogen) atoms. The Balaban J connectivity index is 1.58. The molecule has 1 saturated heterocycles. The smallest absolute Gasteiger partial charge is 0.270 e. The lowest BCUT2D eigenvalue weighted by atomic mass is 10.1. The minimum Gasteiger partial charge on any atom is -0.457 e. The molecule has 0 radical (unpaired) electrons. The van der Waals surface area contributed by atoms with Crippen LogP contribution in [0.25, 0.3) is 17.4 Å². The molecule has 1 aliphatic rings. The van der Waals surface area contributed by atoms with E-state index in [4.69, 9.17) is 39.8 Å². The molecule has 4 rings (SSSR count). The average molecular weight is 474 g/mol. The fraction of sp³-hybridized carbons (Fsp3) is 0.0455. The quantitative estimate of drug-likeness (QED) is 0.235. The molecule has 4 nitrogen and oxygen atoms in total. The van der Waals surface area contributed by atoms with E-state index in [1.165, 1.54) is 23.6 Å². The number of ketones is 1. The van der Waals surface area contributed by atoms with E-state index in [9.17, 15) is 9.59 Å². The minimum atomic E-state index is -0.243. The van der Waals surface area contributed by atoms with Crippen molar-refractivity contribution in [2.75, 3.05) is 4.90 Å². The van der Waals surface area contributed by atoms with Gasteiger partial charge in [0.15, 0.2) is 10.1 Å². The third-order valence-corrected chi connectivity index (χ3v) is 6.47. The van der Waals surface area contributed by atoms with Crippen molar-refractivity contribution in [3.63, 3.8) is 0 Å². The second kappa shape index (κ2) is 8.40. The molecule has 150 valence electrons. The van der Waals surface area contributed by atoms with Crippen LogP contribution in [0.3, 0.4) is 0 Å². The van der Waals surface area contributed by atoms with E-state index in [0.717, 1.165) is 5.56 Å². The molecule has 0 saturated carbocycles. The number of hydrogen-bond donors (Lipinski definition) is 0. The predicted octanol–water partition coefficient (Wildman–Crippen LogP) is 6.86. The Labute approximate surface area is 192 Å². The largest absolute Gasteiger partial charge is 0.457 e. The van der Waals surface area contributed by atoms with Gasteiger partial charge in [-0.25, -0.2) is 0 Å². The molecule has 0 aliphatic carbocycles. The van der Waals surface area contributed by atoms with Crippen LogP contribution in [0, 0.1) is 0 Å². The van der Waals surface area contributed by atoms with Crippen LogP contribution in [0.5, 0.6) is 0 Å². The molecule has 0 spiro atoms. The number of anilines is 1. The predicted molar refractivity (Wildman–Crippen MR) is 126 cm³/mol. The van der Waals surface area contributed by atoms with Crippen molar-refractivity contribution in [1.29, 1.82) is 0 Å². The Bertz CT molecular complexity index is 1220. The number of rotatable bonds is 4. The Kier molecular flexibility index (Phi) is 5.84. The number of Topliss-reactive ketones (excluding diaryl/α,β-unsaturated/α-hetero) is 1. The summed E-state index contributed by atoms with van der Waals surface area (Å²) in [6.45, 7) is 1.49. The number of nitrogens with zero attached hydrogens (tertiary/aromatic N) is 1. The van der Waals surface area contributed by atoms with Crippen LogP contribution in [0.1, 0.15) is 23.0 Å². The summed E-state index contributed by atoms with van der Waals surface area (Å²) in [5, 5.41) is 0.899. The van der Waals surface area contributed by atoms with Crippen LogP contribution in [0.4, 0.5) is 5.69 Å². The third kappa shape index (κ3) is 4.09. The number of benzene rings is 2. The third-order valence-electron chi connectivity index (χ3n) is 4.43. The molecular formula is C22H13Cl2NO3S2. The lowest BCUT2D eigenvalue weighted by molar-refractivity contribution is -0.113. The summed E-state index contributed by atoms with van der Waals surface area (Å²) in [5.74, 6) is 0.842. The van der Waals surface area contributed by atoms with Gasteiger partial charge in [-0.3, -0.25) is 14.5 Å². The van der Waals surface area contributed by atoms with E-state index >= 15 is 0 Å². The summed E-state index contributed by atoms with van der Waals surface area (Å²) in [6, 6.07) is 15.6. The van der Waals surface area contributed by atoms with Gasteiger partial charge >= 0.3 is 0 Å². The molecule has 1 fully saturated rings. The van der Waals surface area contributed by atoms with Gasteiger partial charge in [-0.05, 0) is 61.5 Å². The second-order valence-corrected chi connectivity index (χ2v) is 8.94. The fourth-order valence-corrected chi connectivity index (χ4v) is 4.48. The van der Waals surface area contributed by atoms with Crippen LogP contribution in [0.15, 0.2) is 63.9 Å². The van der Waals surface area contributed by atoms with E-state index in [0.29, 0.717) is 42.0 Å². The summed E-state index contributed by atoms with van der Waals surface area (Å²) < 4.78 is 6.27. The first-order valence-electron chi connectivity index (χ1n) is 8.78. The molecule has 1 aliphatic heterocycles. The van der Waals surface area contributed by atoms with Crippen molar-refractivity contribution >= 4 is 75.0 Å². The number of thioether (sulfide) groups is 1. The topological polar surface area (TPSA) is 50.5 Å². The zero-order valence-electron chi connectivity index (χ0n) is 15.5. The summed E-state index contributed by atoms with van der Waals surface area (Å²) in [6.07, 6.45) is 1.66. The maximum absolute atomic E-state index is 12.9. The zero-order chi connectivity index (χ0) is 21.4. The molecular weight excluding hydrogens is 461 g/mol. The van der Waals surface area contributed by atoms with Crippen molar-refractivity contribution in [3.8, 4) is 11.3 Å². The maximum Gasteiger partial charge on any atom is 0.270 e. The highest BCUT2D eigenvalue weighted by atomic mass is 35.5. The van der Waals surface area contributed by atoms with E-state index in [2.05, 4.69) is 0 Å². The molecule has 0 bridgehead atoms. The van der Waals surface area contributed by atoms with Gasteiger partial charge in [0, 0.05) is 17.2 Å². The summed E-state index contributed by atoms with van der Waals surface area (Å²) in [5.41, 5.74) is 1.97. The SMILES string of the molecule is CC(=O)c1ccc(N2C(=O)C(=Cc3ccc(-c4ccc(Cl)c(Cl)c4)o3)SC2=S)cc1. The van der Waals surface area contributed by atoms with E-state index < -0.39 is 0 Å². The van der Waals surface area contributed by atoms with Gasteiger partial charge in [0.05, 0.1) is 20.6 Å². The van der Waals surface area contributed by atoms with E-state index in [1.807, 2.05) is 0 Å². The van der Waals surface area contributed by atoms with E-state index in [-0.39, 0.29) is 11.7 Å². The molecule has 1 aromatic heterocycles. The number of amides is 1. The number of thiocarbonyl (C=S) groups is 1. The van der Waals surface area contributed by atoms with Crippen molar-refractivity contribution < 1.29 is 14.0 Å². The zero-order valence-corrected chi connectivity index (χ0v) is 18.7. The second-order valence-electron chi connectivity index (χ2n) is 6.45. The molecule has 0 atom stereocenters. The Hall–Kier alpha value is -2.38. The van der Waals surface area contributed by atoms with Crippen LogP contribution in [-0.2, 0) is 4.79 Å². The normalized spacial score (nSPS) is 15.3. The summed E-state index contributed by atoms with van der Waals surface area (Å²) in [4.78, 5) is 26.3. The number of hydrogen-bond acceptors (Lipinski definition) is 5. The Morgan fingerprint density at radius 1 is 1.07 bits per heavy atom. The number of halogens is 2. The van der Waals surface area contributed by atoms with Crippen LogP contribution in [-0.4, -0.2) is 16.0 Å². The van der Waals surface area contributed by atoms with Crippen molar-refractivity contribution in [2.24, 2.45) is 0 Å². The lowest BCUT2D eigenvalue weighted by Gasteiger charge is -2.14.